The van der Waals surface area contributed by atoms with Crippen molar-refractivity contribution in [2.75, 3.05) is 25.5 Å². The van der Waals surface area contributed by atoms with E-state index in [0.717, 1.165) is 10.2 Å². The topological polar surface area (TPSA) is 84.7 Å². The molecule has 2 aromatic carbocycles. The van der Waals surface area contributed by atoms with E-state index in [1.54, 1.807) is 24.3 Å². The average molecular weight is 420 g/mol. The monoisotopic (exact) mass is 419 g/mol. The number of nitrogens with two attached hydrogens (primary N) is 1. The summed E-state index contributed by atoms with van der Waals surface area (Å²) in [5.41, 5.74) is 6.22. The van der Waals surface area contributed by atoms with Crippen molar-refractivity contribution in [3.63, 3.8) is 0 Å². The van der Waals surface area contributed by atoms with Crippen LogP contribution in [0.4, 0.5) is 5.69 Å². The molecule has 0 spiro atoms. The molecule has 0 saturated heterocycles. The molecule has 2 rings (SSSR count). The summed E-state index contributed by atoms with van der Waals surface area (Å²) in [7, 11) is 1.87. The van der Waals surface area contributed by atoms with Gasteiger partial charge in [-0.25, -0.2) is 0 Å². The van der Waals surface area contributed by atoms with Gasteiger partial charge in [0, 0.05) is 22.3 Å². The predicted octanol–water partition coefficient (Wildman–Crippen LogP) is 2.89. The number of nitrogens with zero attached hydrogens (tertiary/aromatic N) is 1. The zero-order valence-electron chi connectivity index (χ0n) is 14.7. The molecule has 7 heteroatoms. The molecule has 1 atom stereocenters. The van der Waals surface area contributed by atoms with Gasteiger partial charge in [-0.2, -0.15) is 0 Å². The minimum atomic E-state index is -0.498. The third-order valence-corrected chi connectivity index (χ3v) is 4.53. The summed E-state index contributed by atoms with van der Waals surface area (Å²) in [6.07, 6.45) is 0. The van der Waals surface area contributed by atoms with Crippen molar-refractivity contribution in [2.24, 2.45) is 5.73 Å². The summed E-state index contributed by atoms with van der Waals surface area (Å²) in [6, 6.07) is 13.7. The van der Waals surface area contributed by atoms with Crippen LogP contribution in [0.5, 0.6) is 5.75 Å². The third kappa shape index (κ3) is 5.86. The first-order chi connectivity index (χ1) is 12.4. The molecule has 2 aromatic rings. The first kappa shape index (κ1) is 19.9. The number of hydrogen-bond donors (Lipinski definition) is 2. The van der Waals surface area contributed by atoms with Crippen molar-refractivity contribution < 1.29 is 14.3 Å². The van der Waals surface area contributed by atoms with Gasteiger partial charge in [-0.15, -0.1) is 0 Å². The number of primary amides is 1. The Hall–Kier alpha value is -2.38. The van der Waals surface area contributed by atoms with E-state index in [4.69, 9.17) is 10.5 Å². The van der Waals surface area contributed by atoms with Crippen LogP contribution in [0.3, 0.4) is 0 Å². The van der Waals surface area contributed by atoms with Gasteiger partial charge in [0.25, 0.3) is 0 Å². The molecule has 3 N–H and O–H groups in total. The van der Waals surface area contributed by atoms with Gasteiger partial charge in [0.1, 0.15) is 12.4 Å². The van der Waals surface area contributed by atoms with Gasteiger partial charge in [-0.1, -0.05) is 15.9 Å². The number of benzene rings is 2. The molecule has 0 heterocycles. The fraction of sp³-hybridized carbons (Fsp3) is 0.263. The largest absolute Gasteiger partial charge is 0.492 e. The van der Waals surface area contributed by atoms with E-state index in [0.29, 0.717) is 24.4 Å². The zero-order chi connectivity index (χ0) is 19.1. The van der Waals surface area contributed by atoms with E-state index < -0.39 is 5.91 Å². The molecule has 26 heavy (non-hydrogen) atoms. The number of likely N-dealkylation sites (N-methyl/N-ethyl adjacent to an activating group) is 1. The smallest absolute Gasteiger partial charge is 0.248 e. The average Bonchev–Trinajstić information content (AvgIpc) is 2.63. The highest BCUT2D eigenvalue weighted by atomic mass is 79.9. The van der Waals surface area contributed by atoms with Gasteiger partial charge in [0.15, 0.2) is 0 Å². The van der Waals surface area contributed by atoms with Crippen LogP contribution in [-0.4, -0.2) is 43.0 Å². The lowest BCUT2D eigenvalue weighted by atomic mass is 10.2. The van der Waals surface area contributed by atoms with E-state index in [9.17, 15) is 9.59 Å². The highest BCUT2D eigenvalue weighted by Gasteiger charge is 2.18. The molecule has 0 aliphatic rings. The molecule has 138 valence electrons. The number of nitrogens with one attached hydrogen (secondary N) is 1. The Morgan fingerprint density at radius 2 is 1.77 bits per heavy atom. The highest BCUT2D eigenvalue weighted by Crippen LogP contribution is 2.16. The molecule has 0 radical (unpaired) electrons. The normalized spacial score (nSPS) is 11.8. The first-order valence-electron chi connectivity index (χ1n) is 8.16. The molecule has 0 aliphatic carbocycles. The van der Waals surface area contributed by atoms with Crippen LogP contribution < -0.4 is 15.8 Å². The van der Waals surface area contributed by atoms with Gasteiger partial charge in [-0.05, 0) is 62.5 Å². The molecule has 0 aromatic heterocycles. The van der Waals surface area contributed by atoms with Crippen LogP contribution in [0.2, 0.25) is 0 Å². The van der Waals surface area contributed by atoms with Crippen molar-refractivity contribution in [1.82, 2.24) is 4.90 Å². The number of amides is 2. The van der Waals surface area contributed by atoms with Gasteiger partial charge < -0.3 is 15.8 Å². The predicted molar refractivity (Wildman–Crippen MR) is 105 cm³/mol. The summed E-state index contributed by atoms with van der Waals surface area (Å²) in [5, 5.41) is 2.82. The summed E-state index contributed by atoms with van der Waals surface area (Å²) in [6.45, 7) is 2.90. The Kier molecular flexibility index (Phi) is 7.17. The number of carbonyl (C=O) groups is 2. The summed E-state index contributed by atoms with van der Waals surface area (Å²) in [4.78, 5) is 25.3. The van der Waals surface area contributed by atoms with Crippen LogP contribution in [0.1, 0.15) is 17.3 Å². The first-order valence-corrected chi connectivity index (χ1v) is 8.95. The van der Waals surface area contributed by atoms with Crippen molar-refractivity contribution in [1.29, 1.82) is 0 Å². The van der Waals surface area contributed by atoms with Gasteiger partial charge >= 0.3 is 0 Å². The second-order valence-corrected chi connectivity index (χ2v) is 6.81. The third-order valence-electron chi connectivity index (χ3n) is 4.00. The van der Waals surface area contributed by atoms with Gasteiger partial charge in [-0.3, -0.25) is 14.5 Å². The quantitative estimate of drug-likeness (QED) is 0.688. The number of rotatable bonds is 8. The summed E-state index contributed by atoms with van der Waals surface area (Å²) in [5.74, 6) is 0.151. The lowest BCUT2D eigenvalue weighted by Gasteiger charge is -2.23. The molecule has 2 amide bonds. The van der Waals surface area contributed by atoms with E-state index in [-0.39, 0.29) is 11.9 Å². The highest BCUT2D eigenvalue weighted by molar-refractivity contribution is 9.10. The van der Waals surface area contributed by atoms with E-state index in [1.165, 1.54) is 0 Å². The SMILES string of the molecule is C[C@@H](C(=O)Nc1ccc(C(N)=O)cc1)N(C)CCOc1ccc(Br)cc1. The van der Waals surface area contributed by atoms with Crippen molar-refractivity contribution in [2.45, 2.75) is 13.0 Å². The molecule has 0 aliphatic heterocycles. The zero-order valence-corrected chi connectivity index (χ0v) is 16.3. The number of anilines is 1. The maximum atomic E-state index is 12.4. The Morgan fingerprint density at radius 3 is 2.35 bits per heavy atom. The molecular weight excluding hydrogens is 398 g/mol. The number of hydrogen-bond acceptors (Lipinski definition) is 4. The van der Waals surface area contributed by atoms with Crippen molar-refractivity contribution in [3.8, 4) is 5.75 Å². The lowest BCUT2D eigenvalue weighted by Crippen LogP contribution is -2.41. The van der Waals surface area contributed by atoms with Crippen LogP contribution in [0, 0.1) is 0 Å². The summed E-state index contributed by atoms with van der Waals surface area (Å²) >= 11 is 3.38. The number of ether oxygens (including phenoxy) is 1. The molecular formula is C19H22BrN3O3. The van der Waals surface area contributed by atoms with Crippen molar-refractivity contribution >= 4 is 33.4 Å². The Balaban J connectivity index is 1.80. The van der Waals surface area contributed by atoms with E-state index >= 15 is 0 Å². The van der Waals surface area contributed by atoms with Crippen LogP contribution in [0.25, 0.3) is 0 Å². The second-order valence-electron chi connectivity index (χ2n) is 5.89. The molecule has 0 bridgehead atoms. The van der Waals surface area contributed by atoms with Gasteiger partial charge in [0.05, 0.1) is 6.04 Å². The minimum absolute atomic E-state index is 0.136. The van der Waals surface area contributed by atoms with Crippen LogP contribution in [-0.2, 0) is 4.79 Å². The fourth-order valence-corrected chi connectivity index (χ4v) is 2.46. The van der Waals surface area contributed by atoms with E-state index in [2.05, 4.69) is 21.2 Å². The second kappa shape index (κ2) is 9.35. The fourth-order valence-electron chi connectivity index (χ4n) is 2.20. The van der Waals surface area contributed by atoms with Crippen LogP contribution in [0.15, 0.2) is 53.0 Å². The molecule has 6 nitrogen and oxygen atoms in total. The van der Waals surface area contributed by atoms with E-state index in [1.807, 2.05) is 43.1 Å². The van der Waals surface area contributed by atoms with Gasteiger partial charge in [0.2, 0.25) is 11.8 Å². The minimum Gasteiger partial charge on any atom is -0.492 e. The Bertz CT molecular complexity index is 748. The maximum absolute atomic E-state index is 12.4. The van der Waals surface area contributed by atoms with Crippen molar-refractivity contribution in [3.05, 3.63) is 58.6 Å². The summed E-state index contributed by atoms with van der Waals surface area (Å²) < 4.78 is 6.67. The molecule has 0 unspecified atom stereocenters. The number of carbonyl (C=O) groups excluding carboxylic acids is 2. The Morgan fingerprint density at radius 1 is 1.15 bits per heavy atom. The standard InChI is InChI=1S/C19H22BrN3O3/c1-13(19(25)22-16-7-3-14(4-8-16)18(21)24)23(2)11-12-26-17-9-5-15(20)6-10-17/h3-10,13H,11-12H2,1-2H3,(H2,21,24)(H,22,25)/t13-/m0/s1. The molecule has 0 fully saturated rings. The van der Waals surface area contributed by atoms with Crippen LogP contribution >= 0.6 is 15.9 Å². The number of halogens is 1. The Labute approximate surface area is 161 Å². The molecule has 0 saturated carbocycles. The maximum Gasteiger partial charge on any atom is 0.248 e. The lowest BCUT2D eigenvalue weighted by molar-refractivity contribution is -0.120.